The van der Waals surface area contributed by atoms with Gasteiger partial charge in [-0.05, 0) is 31.2 Å². The Kier molecular flexibility index (Phi) is 4.49. The SMILES string of the molecule is CCNC(=O)c1ccc(NCCc2ccco2)nn1. The van der Waals surface area contributed by atoms with Crippen LogP contribution in [0.2, 0.25) is 0 Å². The van der Waals surface area contributed by atoms with Crippen molar-refractivity contribution in [2.75, 3.05) is 18.4 Å². The number of amides is 1. The average Bonchev–Trinajstić information content (AvgIpc) is 2.93. The number of nitrogens with one attached hydrogen (secondary N) is 2. The van der Waals surface area contributed by atoms with E-state index in [1.54, 1.807) is 18.4 Å². The van der Waals surface area contributed by atoms with Crippen molar-refractivity contribution in [1.29, 1.82) is 0 Å². The molecule has 0 aromatic carbocycles. The van der Waals surface area contributed by atoms with Crippen molar-refractivity contribution in [2.45, 2.75) is 13.3 Å². The third kappa shape index (κ3) is 3.80. The molecule has 100 valence electrons. The summed E-state index contributed by atoms with van der Waals surface area (Å²) in [6, 6.07) is 7.16. The highest BCUT2D eigenvalue weighted by Crippen LogP contribution is 2.04. The van der Waals surface area contributed by atoms with Crippen LogP contribution in [0, 0.1) is 0 Å². The molecule has 0 saturated carbocycles. The lowest BCUT2D eigenvalue weighted by atomic mass is 10.3. The molecule has 0 atom stereocenters. The maximum Gasteiger partial charge on any atom is 0.271 e. The van der Waals surface area contributed by atoms with Crippen LogP contribution in [0.1, 0.15) is 23.2 Å². The highest BCUT2D eigenvalue weighted by molar-refractivity contribution is 5.92. The van der Waals surface area contributed by atoms with Crippen molar-refractivity contribution in [1.82, 2.24) is 15.5 Å². The number of carbonyl (C=O) groups is 1. The summed E-state index contributed by atoms with van der Waals surface area (Å²) in [5.74, 6) is 1.34. The number of nitrogens with zero attached hydrogens (tertiary/aromatic N) is 2. The van der Waals surface area contributed by atoms with E-state index in [-0.39, 0.29) is 5.91 Å². The highest BCUT2D eigenvalue weighted by atomic mass is 16.3. The molecular formula is C13H16N4O2. The average molecular weight is 260 g/mol. The molecule has 0 bridgehead atoms. The van der Waals surface area contributed by atoms with Gasteiger partial charge in [0.05, 0.1) is 6.26 Å². The van der Waals surface area contributed by atoms with E-state index in [1.807, 2.05) is 19.1 Å². The Hall–Kier alpha value is -2.37. The fourth-order valence-corrected chi connectivity index (χ4v) is 1.57. The fourth-order valence-electron chi connectivity index (χ4n) is 1.57. The minimum absolute atomic E-state index is 0.211. The second-order valence-corrected chi connectivity index (χ2v) is 3.92. The van der Waals surface area contributed by atoms with Gasteiger partial charge in [-0.1, -0.05) is 0 Å². The topological polar surface area (TPSA) is 80.0 Å². The van der Waals surface area contributed by atoms with Gasteiger partial charge in [-0.25, -0.2) is 0 Å². The lowest BCUT2D eigenvalue weighted by Crippen LogP contribution is -2.24. The largest absolute Gasteiger partial charge is 0.469 e. The number of anilines is 1. The number of hydrogen-bond donors (Lipinski definition) is 2. The Balaban J connectivity index is 1.83. The van der Waals surface area contributed by atoms with Crippen molar-refractivity contribution >= 4 is 11.7 Å². The van der Waals surface area contributed by atoms with Crippen LogP contribution < -0.4 is 10.6 Å². The second-order valence-electron chi connectivity index (χ2n) is 3.92. The van der Waals surface area contributed by atoms with E-state index < -0.39 is 0 Å². The van der Waals surface area contributed by atoms with Gasteiger partial charge in [-0.15, -0.1) is 10.2 Å². The molecular weight excluding hydrogens is 244 g/mol. The first kappa shape index (κ1) is 13.1. The van der Waals surface area contributed by atoms with E-state index in [0.717, 1.165) is 12.2 Å². The minimum Gasteiger partial charge on any atom is -0.469 e. The van der Waals surface area contributed by atoms with Gasteiger partial charge >= 0.3 is 0 Å². The Morgan fingerprint density at radius 2 is 2.21 bits per heavy atom. The Labute approximate surface area is 111 Å². The summed E-state index contributed by atoms with van der Waals surface area (Å²) in [6.07, 6.45) is 2.42. The molecule has 2 aromatic rings. The molecule has 1 amide bonds. The van der Waals surface area contributed by atoms with Crippen LogP contribution in [-0.2, 0) is 6.42 Å². The summed E-state index contributed by atoms with van der Waals surface area (Å²) in [6.45, 7) is 3.13. The summed E-state index contributed by atoms with van der Waals surface area (Å²) in [5, 5.41) is 13.6. The van der Waals surface area contributed by atoms with E-state index in [1.165, 1.54) is 0 Å². The molecule has 2 rings (SSSR count). The van der Waals surface area contributed by atoms with E-state index in [9.17, 15) is 4.79 Å². The van der Waals surface area contributed by atoms with Crippen LogP contribution in [0.25, 0.3) is 0 Å². The van der Waals surface area contributed by atoms with Crippen molar-refractivity contribution < 1.29 is 9.21 Å². The third-order valence-corrected chi connectivity index (χ3v) is 2.49. The molecule has 0 saturated heterocycles. The van der Waals surface area contributed by atoms with Gasteiger partial charge in [0, 0.05) is 19.5 Å². The first-order valence-electron chi connectivity index (χ1n) is 6.17. The predicted molar refractivity (Wildman–Crippen MR) is 70.9 cm³/mol. The molecule has 6 heteroatoms. The summed E-state index contributed by atoms with van der Waals surface area (Å²) in [4.78, 5) is 11.5. The van der Waals surface area contributed by atoms with Gasteiger partial charge < -0.3 is 15.1 Å². The van der Waals surface area contributed by atoms with E-state index in [0.29, 0.717) is 24.6 Å². The van der Waals surface area contributed by atoms with Gasteiger partial charge in [0.1, 0.15) is 11.6 Å². The van der Waals surface area contributed by atoms with Crippen LogP contribution in [0.15, 0.2) is 34.9 Å². The van der Waals surface area contributed by atoms with Crippen LogP contribution >= 0.6 is 0 Å². The molecule has 0 unspecified atom stereocenters. The van der Waals surface area contributed by atoms with Crippen molar-refractivity contribution in [3.8, 4) is 0 Å². The molecule has 2 N–H and O–H groups in total. The maximum absolute atomic E-state index is 11.5. The van der Waals surface area contributed by atoms with Crippen LogP contribution in [-0.4, -0.2) is 29.2 Å². The zero-order chi connectivity index (χ0) is 13.5. The summed E-state index contributed by atoms with van der Waals surface area (Å²) in [5.41, 5.74) is 0.318. The monoisotopic (exact) mass is 260 g/mol. The zero-order valence-corrected chi connectivity index (χ0v) is 10.7. The lowest BCUT2D eigenvalue weighted by Gasteiger charge is -2.04. The third-order valence-electron chi connectivity index (χ3n) is 2.49. The number of furan rings is 1. The Morgan fingerprint density at radius 1 is 1.32 bits per heavy atom. The molecule has 0 aliphatic rings. The van der Waals surface area contributed by atoms with Gasteiger partial charge in [-0.2, -0.15) is 0 Å². The molecule has 2 heterocycles. The van der Waals surface area contributed by atoms with E-state index >= 15 is 0 Å². The van der Waals surface area contributed by atoms with Crippen molar-refractivity contribution in [3.05, 3.63) is 42.0 Å². The second kappa shape index (κ2) is 6.53. The number of rotatable bonds is 6. The Morgan fingerprint density at radius 3 is 2.84 bits per heavy atom. The van der Waals surface area contributed by atoms with Gasteiger partial charge in [0.25, 0.3) is 5.91 Å². The van der Waals surface area contributed by atoms with Crippen molar-refractivity contribution in [2.24, 2.45) is 0 Å². The van der Waals surface area contributed by atoms with Gasteiger partial charge in [0.2, 0.25) is 0 Å². The zero-order valence-electron chi connectivity index (χ0n) is 10.7. The summed E-state index contributed by atoms with van der Waals surface area (Å²) in [7, 11) is 0. The number of aromatic nitrogens is 2. The summed E-state index contributed by atoms with van der Waals surface area (Å²) < 4.78 is 5.22. The molecule has 0 spiro atoms. The molecule has 6 nitrogen and oxygen atoms in total. The van der Waals surface area contributed by atoms with E-state index in [4.69, 9.17) is 4.42 Å². The van der Waals surface area contributed by atoms with Crippen LogP contribution in [0.3, 0.4) is 0 Å². The standard InChI is InChI=1S/C13H16N4O2/c1-2-14-13(18)11-5-6-12(17-16-11)15-8-7-10-4-3-9-19-10/h3-6,9H,2,7-8H2,1H3,(H,14,18)(H,15,17). The Bertz CT molecular complexity index is 508. The first-order valence-corrected chi connectivity index (χ1v) is 6.17. The lowest BCUT2D eigenvalue weighted by molar-refractivity contribution is 0.0950. The normalized spacial score (nSPS) is 10.2. The molecule has 0 fully saturated rings. The summed E-state index contributed by atoms with van der Waals surface area (Å²) >= 11 is 0. The van der Waals surface area contributed by atoms with E-state index in [2.05, 4.69) is 20.8 Å². The predicted octanol–water partition coefficient (Wildman–Crippen LogP) is 1.47. The first-order chi connectivity index (χ1) is 9.29. The van der Waals surface area contributed by atoms with Crippen LogP contribution in [0.4, 0.5) is 5.82 Å². The molecule has 0 radical (unpaired) electrons. The molecule has 19 heavy (non-hydrogen) atoms. The quantitative estimate of drug-likeness (QED) is 0.822. The van der Waals surface area contributed by atoms with Crippen molar-refractivity contribution in [3.63, 3.8) is 0 Å². The molecule has 2 aromatic heterocycles. The molecule has 0 aliphatic heterocycles. The van der Waals surface area contributed by atoms with Gasteiger partial charge in [0.15, 0.2) is 5.69 Å². The smallest absolute Gasteiger partial charge is 0.271 e. The number of carbonyl (C=O) groups excluding carboxylic acids is 1. The minimum atomic E-state index is -0.211. The molecule has 0 aliphatic carbocycles. The van der Waals surface area contributed by atoms with Crippen LogP contribution in [0.5, 0.6) is 0 Å². The number of hydrogen-bond acceptors (Lipinski definition) is 5. The highest BCUT2D eigenvalue weighted by Gasteiger charge is 2.06. The fraction of sp³-hybridized carbons (Fsp3) is 0.308. The maximum atomic E-state index is 11.5. The van der Waals surface area contributed by atoms with Gasteiger partial charge in [-0.3, -0.25) is 4.79 Å².